The Balaban J connectivity index is 0.729. The van der Waals surface area contributed by atoms with Gasteiger partial charge in [0.1, 0.15) is 37.1 Å². The molecule has 6 aliphatic carbocycles. The third kappa shape index (κ3) is 17.1. The van der Waals surface area contributed by atoms with Gasteiger partial charge < -0.3 is 68.4 Å². The predicted molar refractivity (Wildman–Crippen MR) is 363 cm³/mol. The molecule has 6 aliphatic rings. The van der Waals surface area contributed by atoms with Gasteiger partial charge >= 0.3 is 12.1 Å². The summed E-state index contributed by atoms with van der Waals surface area (Å²) in [7, 11) is 0. The van der Waals surface area contributed by atoms with Crippen LogP contribution in [0.4, 0.5) is 21.0 Å². The number of phenolic OH excluding ortho intramolecular Hbond substituents is 1. The van der Waals surface area contributed by atoms with Crippen molar-refractivity contribution in [1.82, 2.24) is 31.9 Å². The van der Waals surface area contributed by atoms with Crippen LogP contribution in [0.3, 0.4) is 0 Å². The molecule has 522 valence electrons. The van der Waals surface area contributed by atoms with Crippen LogP contribution in [0, 0.1) is 34.5 Å². The van der Waals surface area contributed by atoms with Crippen LogP contribution in [0.25, 0.3) is 0 Å². The van der Waals surface area contributed by atoms with Gasteiger partial charge in [0.15, 0.2) is 0 Å². The minimum atomic E-state index is -1.39. The number of fused-ring (bicyclic) bond motifs is 7. The van der Waals surface area contributed by atoms with Crippen LogP contribution >= 0.6 is 0 Å². The van der Waals surface area contributed by atoms with Crippen molar-refractivity contribution in [3.63, 3.8) is 0 Å². The highest BCUT2D eigenvalue weighted by Crippen LogP contribution is 2.60. The summed E-state index contributed by atoms with van der Waals surface area (Å²) in [4.78, 5) is 121. The zero-order chi connectivity index (χ0) is 69.1. The molecule has 3 fully saturated rings. The fraction of sp³-hybridized carbons (Fsp3) is 0.603. The number of rotatable bonds is 27. The molecule has 10 amide bonds. The number of nitrogens with one attached hydrogen (secondary N) is 8. The molecule has 9 rings (SSSR count). The number of hydrogen-bond donors (Lipinski definition) is 12. The number of ether oxygens (including phenoxy) is 2. The second kappa shape index (κ2) is 31.5. The number of unbranched alkanes of at least 4 members (excludes halogenated alkanes) is 1. The van der Waals surface area contributed by atoms with Crippen molar-refractivity contribution in [1.29, 1.82) is 0 Å². The third-order valence-electron chi connectivity index (χ3n) is 22.1. The molecule has 6 unspecified atom stereocenters. The Bertz CT molecular complexity index is 3400. The minimum Gasteiger partial charge on any atom is -0.508 e. The number of aliphatic hydroxyl groups excluding tert-OH is 1. The van der Waals surface area contributed by atoms with Gasteiger partial charge in [-0.3, -0.25) is 38.9 Å². The summed E-state index contributed by atoms with van der Waals surface area (Å²) in [6.07, 6.45) is 16.2. The van der Waals surface area contributed by atoms with Crippen LogP contribution in [0.2, 0.25) is 0 Å². The first kappa shape index (κ1) is 72.4. The molecule has 0 heterocycles. The first-order valence-electron chi connectivity index (χ1n) is 34.8. The number of primary amides is 1. The maximum atomic E-state index is 14.8. The van der Waals surface area contributed by atoms with E-state index in [1.54, 1.807) is 50.2 Å². The van der Waals surface area contributed by atoms with E-state index in [1.165, 1.54) is 24.0 Å². The van der Waals surface area contributed by atoms with Crippen LogP contribution in [0.5, 0.6) is 5.75 Å². The number of aliphatic hydroxyl groups is 1. The molecule has 14 N–H and O–H groups in total. The molecular formula is C73H102N10O13. The summed E-state index contributed by atoms with van der Waals surface area (Å²) in [6, 6.07) is 12.3. The van der Waals surface area contributed by atoms with E-state index >= 15 is 0 Å². The standard InChI is InChI=1S/C73H102N10O13/c1-43(2)61(82-62(87)54(74)16-10-11-35-76-60(86)42-95-57-18-9-7-8-15-47-37-51(47)57)65(90)80-55(17-12-36-77-68(75)93)63(88)78-48-25-19-44(20-26-48)41-96-69(94)81-56(40-84)64(89)79-49-27-21-45-23-29-58-70(3,52(45)38-49)31-13-33-72(58,5)66(91)83-67(92)73(6)34-14-32-71(4)53-39-50(85)28-22-46(53)24-30-59(71)73/h19-22,25-28,37-39,43,51,54-59,61,84-85H,7-18,23-24,29-36,40-42,74H2,1-6H3,(H,76,86)(H,78,88)(H,79,89)(H,80,90)(H,81,94)(H,82,87)(H3,75,77,93)(H,83,91,92)/t51?,54-,55+,56+,57?,58?,59?,61?,70-,71-,72?,73+/m1/s1. The van der Waals surface area contributed by atoms with Gasteiger partial charge in [0.05, 0.1) is 29.6 Å². The second-order valence-electron chi connectivity index (χ2n) is 29.1. The van der Waals surface area contributed by atoms with Crippen molar-refractivity contribution in [2.75, 3.05) is 36.9 Å². The number of phenols is 1. The number of alkyl carbamates (subject to hydrolysis) is 1. The first-order valence-corrected chi connectivity index (χ1v) is 34.8. The lowest BCUT2D eigenvalue weighted by Crippen LogP contribution is -2.60. The Kier molecular flexibility index (Phi) is 23.8. The zero-order valence-corrected chi connectivity index (χ0v) is 56.8. The van der Waals surface area contributed by atoms with Gasteiger partial charge in [0.2, 0.25) is 41.4 Å². The maximum absolute atomic E-state index is 14.8. The van der Waals surface area contributed by atoms with Crippen LogP contribution in [-0.2, 0) is 73.3 Å². The number of imide groups is 1. The molecule has 0 radical (unpaired) electrons. The number of aryl methyl sites for hydroxylation is 2. The molecule has 0 aromatic heterocycles. The average Bonchev–Trinajstić information content (AvgIpc) is 0.885. The molecule has 23 nitrogen and oxygen atoms in total. The van der Waals surface area contributed by atoms with Gasteiger partial charge in [-0.2, -0.15) is 0 Å². The molecule has 0 spiro atoms. The van der Waals surface area contributed by atoms with Crippen LogP contribution in [-0.4, -0.2) is 120 Å². The molecule has 0 aliphatic heterocycles. The number of amides is 10. The Hall–Kier alpha value is -7.89. The Morgan fingerprint density at radius 3 is 1.89 bits per heavy atom. The number of aromatic hydroxyl groups is 1. The van der Waals surface area contributed by atoms with Crippen molar-refractivity contribution in [3.05, 3.63) is 100 Å². The zero-order valence-electron chi connectivity index (χ0n) is 56.8. The average molecular weight is 1330 g/mol. The summed E-state index contributed by atoms with van der Waals surface area (Å²) in [5.41, 5.74) is 16.2. The van der Waals surface area contributed by atoms with Crippen molar-refractivity contribution < 1.29 is 62.8 Å². The Morgan fingerprint density at radius 1 is 0.625 bits per heavy atom. The molecule has 3 saturated carbocycles. The van der Waals surface area contributed by atoms with Crippen LogP contribution in [0.15, 0.2) is 72.3 Å². The molecule has 0 saturated heterocycles. The highest BCUT2D eigenvalue weighted by molar-refractivity contribution is 6.01. The lowest BCUT2D eigenvalue weighted by Gasteiger charge is -2.56. The lowest BCUT2D eigenvalue weighted by molar-refractivity contribution is -0.150. The molecule has 23 heteroatoms. The SMILES string of the molecule is CC(C)C(NC(=O)[C@H](N)CCCCNC(=O)COC1CCCCCC2=CC21)C(=O)N[C@@H](CCCNC(N)=O)C(=O)Nc1ccc(COC(=O)N[C@@H](CO)C(=O)Nc2ccc3c(c2)[C@@]2(C)CCCC(C)(C(=O)NC(=O)[C@@]4(C)CCC[C@]5(C)c6cc(O)ccc6CCC45)C2CC3)cc1. The monoisotopic (exact) mass is 1330 g/mol. The molecular weight excluding hydrogens is 1220 g/mol. The van der Waals surface area contributed by atoms with E-state index < -0.39 is 88.7 Å². The van der Waals surface area contributed by atoms with Gasteiger partial charge in [0.25, 0.3) is 0 Å². The summed E-state index contributed by atoms with van der Waals surface area (Å²) >= 11 is 0. The quantitative estimate of drug-likeness (QED) is 0.0200. The van der Waals surface area contributed by atoms with E-state index in [-0.39, 0.29) is 79.4 Å². The predicted octanol–water partition coefficient (Wildman–Crippen LogP) is 7.51. The van der Waals surface area contributed by atoms with E-state index in [1.807, 2.05) is 38.1 Å². The molecule has 3 aromatic rings. The maximum Gasteiger partial charge on any atom is 0.408 e. The van der Waals surface area contributed by atoms with Gasteiger partial charge in [-0.25, -0.2) is 9.59 Å². The van der Waals surface area contributed by atoms with Gasteiger partial charge in [-0.05, 0) is 196 Å². The van der Waals surface area contributed by atoms with Gasteiger partial charge in [-0.15, -0.1) is 0 Å². The first-order chi connectivity index (χ1) is 45.8. The number of anilines is 2. The lowest BCUT2D eigenvalue weighted by atomic mass is 9.49. The van der Waals surface area contributed by atoms with Gasteiger partial charge in [-0.1, -0.05) is 103 Å². The van der Waals surface area contributed by atoms with Crippen molar-refractivity contribution in [2.45, 2.75) is 218 Å². The fourth-order valence-corrected chi connectivity index (χ4v) is 16.5. The largest absolute Gasteiger partial charge is 0.508 e. The van der Waals surface area contributed by atoms with E-state index in [0.717, 1.165) is 80.9 Å². The summed E-state index contributed by atoms with van der Waals surface area (Å²) < 4.78 is 11.4. The molecule has 96 heavy (non-hydrogen) atoms. The highest BCUT2D eigenvalue weighted by Gasteiger charge is 2.59. The summed E-state index contributed by atoms with van der Waals surface area (Å²) in [6.45, 7) is 11.4. The molecule has 3 aromatic carbocycles. The van der Waals surface area contributed by atoms with Crippen LogP contribution in [0.1, 0.15) is 185 Å². The van der Waals surface area contributed by atoms with E-state index in [4.69, 9.17) is 20.9 Å². The van der Waals surface area contributed by atoms with Crippen molar-refractivity contribution >= 4 is 64.8 Å². The number of benzene rings is 3. The molecule has 12 atom stereocenters. The summed E-state index contributed by atoms with van der Waals surface area (Å²) in [5, 5.41) is 42.8. The van der Waals surface area contributed by atoms with Crippen molar-refractivity contribution in [3.8, 4) is 5.75 Å². The summed E-state index contributed by atoms with van der Waals surface area (Å²) in [5.74, 6) is -3.10. The second-order valence-corrected chi connectivity index (χ2v) is 29.1. The number of hydrogen-bond acceptors (Lipinski definition) is 14. The van der Waals surface area contributed by atoms with Crippen LogP contribution < -0.4 is 54.0 Å². The van der Waals surface area contributed by atoms with E-state index in [0.29, 0.717) is 67.9 Å². The van der Waals surface area contributed by atoms with E-state index in [2.05, 4.69) is 62.5 Å². The number of urea groups is 1. The fourth-order valence-electron chi connectivity index (χ4n) is 16.5. The molecule has 0 bridgehead atoms. The Morgan fingerprint density at radius 2 is 1.24 bits per heavy atom. The number of carbonyl (C=O) groups excluding carboxylic acids is 9. The minimum absolute atomic E-state index is 0.00238. The smallest absolute Gasteiger partial charge is 0.408 e. The number of carbonyl (C=O) groups is 9. The Labute approximate surface area is 563 Å². The number of nitrogens with two attached hydrogens (primary N) is 2. The van der Waals surface area contributed by atoms with E-state index in [9.17, 15) is 53.4 Å². The van der Waals surface area contributed by atoms with Crippen molar-refractivity contribution in [2.24, 2.45) is 46.0 Å². The highest BCUT2D eigenvalue weighted by atomic mass is 16.5. The topological polar surface area (TPSA) is 361 Å². The van der Waals surface area contributed by atoms with Gasteiger partial charge in [0, 0.05) is 30.4 Å². The third-order valence-corrected chi connectivity index (χ3v) is 22.1. The normalized spacial score (nSPS) is 25.9.